The van der Waals surface area contributed by atoms with E-state index < -0.39 is 0 Å². The smallest absolute Gasteiger partial charge is 0.0263 e. The van der Waals surface area contributed by atoms with E-state index in [2.05, 4.69) is 0 Å². The highest BCUT2D eigenvalue weighted by Crippen LogP contribution is 3.14. The molecule has 0 N–H and O–H groups in total. The lowest BCUT2D eigenvalue weighted by atomic mass is 29.2. The molecule has 0 aromatic rings. The molecule has 6 heteroatoms. The zero-order chi connectivity index (χ0) is 3.98. The van der Waals surface area contributed by atoms with E-state index in [-0.39, 0.29) is 0 Å². The van der Waals surface area contributed by atoms with Crippen molar-refractivity contribution < 1.29 is 0 Å². The van der Waals surface area contributed by atoms with Crippen molar-refractivity contribution in [3.05, 3.63) is 0 Å². The summed E-state index contributed by atoms with van der Waals surface area (Å²) in [6.45, 7) is 1.37. The van der Waals surface area contributed by atoms with Gasteiger partial charge in [0.05, 0.1) is 14.0 Å². The molecule has 30 valence electrons. The van der Waals surface area contributed by atoms with Crippen LogP contribution in [-0.2, 0) is 0 Å². The van der Waals surface area contributed by atoms with Crippen LogP contribution >= 0.6 is 44.2 Å². The lowest BCUT2D eigenvalue weighted by molar-refractivity contribution is 5.12. The van der Waals surface area contributed by atoms with Crippen LogP contribution in [0.2, 0.25) is 0 Å². The summed E-state index contributed by atoms with van der Waals surface area (Å²) in [7, 11) is 7.22. The topological polar surface area (TPSA) is 0 Å². The van der Waals surface area contributed by atoms with E-state index in [4.69, 9.17) is 0 Å². The minimum Gasteiger partial charge on any atom is -0.0263 e. The first-order valence-electron chi connectivity index (χ1n) is 1.40. The van der Waals surface area contributed by atoms with Gasteiger partial charge in [-0.05, 0) is 30.2 Å². The molecule has 0 radical (unpaired) electrons. The molecule has 0 nitrogen and oxygen atoms in total. The Morgan fingerprint density at radius 1 is 0.667 bits per heavy atom. The summed E-state index contributed by atoms with van der Waals surface area (Å²) < 4.78 is 0. The van der Waals surface area contributed by atoms with E-state index in [1.165, 1.54) is 0 Å². The summed E-state index contributed by atoms with van der Waals surface area (Å²) in [5, 5.41) is 0. The Morgan fingerprint density at radius 2 is 1.00 bits per heavy atom. The molecular weight excluding hydrogens is 186 g/mol. The van der Waals surface area contributed by atoms with Crippen LogP contribution in [-0.4, -0.2) is 0 Å². The molecule has 0 saturated heterocycles. The van der Waals surface area contributed by atoms with E-state index in [0.29, 0.717) is 14.0 Å². The molecule has 0 spiro atoms. The monoisotopic (exact) mass is 186 g/mol. The molecule has 0 saturated carbocycles. The zero-order valence-corrected chi connectivity index (χ0v) is 8.05. The van der Waals surface area contributed by atoms with Crippen molar-refractivity contribution >= 4 is 44.2 Å². The van der Waals surface area contributed by atoms with Crippen LogP contribution in [0.15, 0.2) is 0 Å². The van der Waals surface area contributed by atoms with Crippen molar-refractivity contribution in [2.75, 3.05) is 0 Å². The Kier molecular flexibility index (Phi) is 1.45. The predicted octanol–water partition coefficient (Wildman–Crippen LogP) is 5.17. The van der Waals surface area contributed by atoms with Crippen LogP contribution in [0.1, 0.15) is 0 Å². The minimum absolute atomic E-state index is 0.686. The van der Waals surface area contributed by atoms with Gasteiger partial charge in [0.2, 0.25) is 0 Å². The first-order valence-corrected chi connectivity index (χ1v) is 12.6. The SMILES string of the molecule is P1=PP1P1P=P1. The van der Waals surface area contributed by atoms with Gasteiger partial charge >= 0.3 is 0 Å². The van der Waals surface area contributed by atoms with Gasteiger partial charge in [-0.2, -0.15) is 0 Å². The second-order valence-corrected chi connectivity index (χ2v) is 24.1. The molecule has 0 atom stereocenters. The second kappa shape index (κ2) is 1.78. The van der Waals surface area contributed by atoms with Gasteiger partial charge in [0, 0.05) is 0 Å². The largest absolute Gasteiger partial charge is 0.0525 e. The lowest BCUT2D eigenvalue weighted by Gasteiger charge is -1.76. The van der Waals surface area contributed by atoms with E-state index in [9.17, 15) is 0 Å². The highest BCUT2D eigenvalue weighted by atomic mass is 33.3. The summed E-state index contributed by atoms with van der Waals surface area (Å²) in [6, 6.07) is 0. The van der Waals surface area contributed by atoms with Gasteiger partial charge in [0.25, 0.3) is 0 Å². The summed E-state index contributed by atoms with van der Waals surface area (Å²) in [5.74, 6) is 0. The van der Waals surface area contributed by atoms with E-state index in [1.807, 2.05) is 0 Å². The molecule has 0 fully saturated rings. The third-order valence-electron chi connectivity index (χ3n) is 0.499. The molecule has 2 aliphatic heterocycles. The molecule has 2 aliphatic rings. The third-order valence-corrected chi connectivity index (χ3v) is 30.7. The van der Waals surface area contributed by atoms with Crippen molar-refractivity contribution in [2.24, 2.45) is 0 Å². The average molecular weight is 186 g/mol. The van der Waals surface area contributed by atoms with Crippen LogP contribution in [0.4, 0.5) is 0 Å². The molecule has 0 bridgehead atoms. The fourth-order valence-corrected chi connectivity index (χ4v) is 43.5. The maximum Gasteiger partial charge on any atom is 0.0525 e. The van der Waals surface area contributed by atoms with Crippen LogP contribution in [0.25, 0.3) is 0 Å². The summed E-state index contributed by atoms with van der Waals surface area (Å²) >= 11 is 0. The van der Waals surface area contributed by atoms with E-state index in [0.717, 1.165) is 0 Å². The van der Waals surface area contributed by atoms with Gasteiger partial charge in [-0.1, -0.05) is 0 Å². The number of rotatable bonds is 1. The second-order valence-electron chi connectivity index (χ2n) is 0.894. The van der Waals surface area contributed by atoms with Gasteiger partial charge in [0.15, 0.2) is 0 Å². The van der Waals surface area contributed by atoms with Gasteiger partial charge in [0.1, 0.15) is 0 Å². The van der Waals surface area contributed by atoms with E-state index >= 15 is 0 Å². The van der Waals surface area contributed by atoms with Crippen molar-refractivity contribution in [2.45, 2.75) is 0 Å². The first kappa shape index (κ1) is 4.89. The summed E-state index contributed by atoms with van der Waals surface area (Å²) in [4.78, 5) is 0. The Morgan fingerprint density at radius 3 is 1.17 bits per heavy atom. The average Bonchev–Trinajstić information content (AvgIpc) is 2.26. The summed E-state index contributed by atoms with van der Waals surface area (Å²) in [6.07, 6.45) is 0. The van der Waals surface area contributed by atoms with Gasteiger partial charge in [-0.3, -0.25) is 0 Å². The maximum atomic E-state index is 1.81. The zero-order valence-electron chi connectivity index (χ0n) is 2.68. The number of hydrogen-bond donors (Lipinski definition) is 0. The molecule has 0 amide bonds. The third kappa shape index (κ3) is 1.07. The van der Waals surface area contributed by atoms with Crippen LogP contribution in [0, 0.1) is 0 Å². The van der Waals surface area contributed by atoms with Crippen LogP contribution < -0.4 is 0 Å². The molecule has 0 aliphatic carbocycles. The number of hydrogen-bond acceptors (Lipinski definition) is 0. The van der Waals surface area contributed by atoms with Gasteiger partial charge in [-0.25, -0.2) is 0 Å². The minimum atomic E-state index is 0.686. The normalized spacial score (nSPS) is 57.3. The van der Waals surface area contributed by atoms with Crippen molar-refractivity contribution in [1.29, 1.82) is 0 Å². The summed E-state index contributed by atoms with van der Waals surface area (Å²) in [5.41, 5.74) is 0. The fraction of sp³-hybridized carbons (Fsp3) is 0. The Hall–Kier alpha value is 2.06. The highest BCUT2D eigenvalue weighted by molar-refractivity contribution is 9.20. The first-order chi connectivity index (χ1) is 2.97. The molecule has 6 heavy (non-hydrogen) atoms. The lowest BCUT2D eigenvalue weighted by Crippen LogP contribution is -0.936. The van der Waals surface area contributed by atoms with Crippen LogP contribution in [0.3, 0.4) is 0 Å². The molecule has 0 aromatic carbocycles. The molecular formula is P6. The quantitative estimate of drug-likeness (QED) is 0.495. The van der Waals surface area contributed by atoms with Gasteiger partial charge < -0.3 is 0 Å². The van der Waals surface area contributed by atoms with Crippen molar-refractivity contribution in [1.82, 2.24) is 0 Å². The Labute approximate surface area is 44.7 Å². The Bertz CT molecular complexity index is 92.0. The standard InChI is InChI=1S/P6/c1-2-5(1)6-3-4-6. The van der Waals surface area contributed by atoms with Gasteiger partial charge in [-0.15, -0.1) is 0 Å². The predicted molar refractivity (Wildman–Crippen MR) is 41.5 cm³/mol. The van der Waals surface area contributed by atoms with Crippen molar-refractivity contribution in [3.63, 3.8) is 0 Å². The molecule has 2 rings (SSSR count). The molecule has 2 heterocycles. The maximum absolute atomic E-state index is 1.81. The molecule has 0 aromatic heterocycles. The van der Waals surface area contributed by atoms with Crippen LogP contribution in [0.5, 0.6) is 0 Å². The molecule has 0 unspecified atom stereocenters. The highest BCUT2D eigenvalue weighted by Gasteiger charge is 2.30. The Balaban J connectivity index is 1.97. The van der Waals surface area contributed by atoms with E-state index in [1.54, 1.807) is 30.2 Å². The van der Waals surface area contributed by atoms with Crippen molar-refractivity contribution in [3.8, 4) is 0 Å². The fourth-order valence-electron chi connectivity index (χ4n) is 0.179.